The van der Waals surface area contributed by atoms with Crippen LogP contribution in [0.1, 0.15) is 61.1 Å². The Morgan fingerprint density at radius 1 is 1.06 bits per heavy atom. The number of carboxylic acids is 1. The lowest BCUT2D eigenvalue weighted by molar-refractivity contribution is -0.139. The smallest absolute Gasteiger partial charge is 0.416 e. The van der Waals surface area contributed by atoms with E-state index >= 15 is 0 Å². The number of anilines is 1. The molecule has 1 aromatic heterocycles. The number of carboxylic acid groups (broad SMARTS) is 1. The minimum atomic E-state index is -4.48. The molecule has 0 atom stereocenters. The standard InChI is InChI=1S/C26H24F3N3O4/c27-26(28,29)20-14-18(5-7-19(20)15-3-1-2-4-15)25-30-24(31-36-25)17-6-8-21-16(13-17)11-12-32(21)22(33)9-10-23(34)35/h5-8,13-15H,1-4,9-12H2,(H,34,35). The van der Waals surface area contributed by atoms with Gasteiger partial charge in [-0.2, -0.15) is 18.2 Å². The SMILES string of the molecule is O=C(O)CCC(=O)N1CCc2cc(-c3noc(-c4ccc(C5CCCC5)c(C(F)(F)F)c4)n3)ccc21. The summed E-state index contributed by atoms with van der Waals surface area (Å²) in [5, 5.41) is 12.8. The topological polar surface area (TPSA) is 96.5 Å². The Kier molecular flexibility index (Phi) is 6.27. The molecule has 1 aliphatic heterocycles. The van der Waals surface area contributed by atoms with Gasteiger partial charge in [-0.25, -0.2) is 0 Å². The van der Waals surface area contributed by atoms with Crippen molar-refractivity contribution >= 4 is 17.6 Å². The first-order chi connectivity index (χ1) is 17.2. The van der Waals surface area contributed by atoms with Crippen molar-refractivity contribution in [2.75, 3.05) is 11.4 Å². The normalized spacial score (nSPS) is 15.9. The van der Waals surface area contributed by atoms with Gasteiger partial charge in [0.05, 0.1) is 12.0 Å². The summed E-state index contributed by atoms with van der Waals surface area (Å²) in [7, 11) is 0. The second kappa shape index (κ2) is 9.40. The number of nitrogens with zero attached hydrogens (tertiary/aromatic N) is 3. The zero-order chi connectivity index (χ0) is 25.4. The third-order valence-electron chi connectivity index (χ3n) is 6.91. The summed E-state index contributed by atoms with van der Waals surface area (Å²) in [4.78, 5) is 29.0. The largest absolute Gasteiger partial charge is 0.481 e. The van der Waals surface area contributed by atoms with E-state index in [2.05, 4.69) is 10.1 Å². The average molecular weight is 499 g/mol. The van der Waals surface area contributed by atoms with E-state index in [4.69, 9.17) is 9.63 Å². The number of aromatic nitrogens is 2. The van der Waals surface area contributed by atoms with E-state index < -0.39 is 17.7 Å². The monoisotopic (exact) mass is 499 g/mol. The molecular weight excluding hydrogens is 475 g/mol. The zero-order valence-corrected chi connectivity index (χ0v) is 19.3. The number of hydrogen-bond acceptors (Lipinski definition) is 5. The van der Waals surface area contributed by atoms with Crippen molar-refractivity contribution in [1.29, 1.82) is 0 Å². The van der Waals surface area contributed by atoms with E-state index in [1.54, 1.807) is 23.1 Å². The van der Waals surface area contributed by atoms with E-state index in [-0.39, 0.29) is 41.9 Å². The Labute approximate surface area is 204 Å². The quantitative estimate of drug-likeness (QED) is 0.458. The van der Waals surface area contributed by atoms with Crippen LogP contribution in [0.5, 0.6) is 0 Å². The maximum atomic E-state index is 13.8. The number of halogens is 3. The van der Waals surface area contributed by atoms with Crippen LogP contribution in [0.3, 0.4) is 0 Å². The van der Waals surface area contributed by atoms with Gasteiger partial charge in [-0.3, -0.25) is 9.59 Å². The van der Waals surface area contributed by atoms with Crippen LogP contribution in [-0.2, 0) is 22.2 Å². The number of rotatable bonds is 6. The molecule has 1 saturated carbocycles. The van der Waals surface area contributed by atoms with Crippen molar-refractivity contribution in [3.05, 3.63) is 53.1 Å². The Morgan fingerprint density at radius 2 is 1.81 bits per heavy atom. The summed E-state index contributed by atoms with van der Waals surface area (Å²) in [6.07, 6.45) is -0.815. The van der Waals surface area contributed by atoms with Crippen molar-refractivity contribution in [3.8, 4) is 22.8 Å². The van der Waals surface area contributed by atoms with Gasteiger partial charge in [-0.05, 0) is 66.6 Å². The summed E-state index contributed by atoms with van der Waals surface area (Å²) >= 11 is 0. The molecule has 0 bridgehead atoms. The van der Waals surface area contributed by atoms with E-state index in [9.17, 15) is 22.8 Å². The molecule has 0 radical (unpaired) electrons. The first kappa shape index (κ1) is 24.0. The lowest BCUT2D eigenvalue weighted by Gasteiger charge is -2.18. The summed E-state index contributed by atoms with van der Waals surface area (Å²) < 4.78 is 46.9. The number of hydrogen-bond donors (Lipinski definition) is 1. The predicted molar refractivity (Wildman–Crippen MR) is 124 cm³/mol. The lowest BCUT2D eigenvalue weighted by atomic mass is 9.91. The minimum absolute atomic E-state index is 0.000514. The lowest BCUT2D eigenvalue weighted by Crippen LogP contribution is -2.29. The number of carbonyl (C=O) groups excluding carboxylic acids is 1. The van der Waals surface area contributed by atoms with E-state index in [1.165, 1.54) is 6.07 Å². The van der Waals surface area contributed by atoms with Gasteiger partial charge in [0.25, 0.3) is 5.89 Å². The highest BCUT2D eigenvalue weighted by Gasteiger charge is 2.36. The first-order valence-corrected chi connectivity index (χ1v) is 11.9. The number of fused-ring (bicyclic) bond motifs is 1. The van der Waals surface area contributed by atoms with Crippen LogP contribution in [0, 0.1) is 0 Å². The fraction of sp³-hybridized carbons (Fsp3) is 0.385. The third kappa shape index (κ3) is 4.72. The van der Waals surface area contributed by atoms with Crippen molar-refractivity contribution in [2.24, 2.45) is 0 Å². The molecule has 2 aromatic carbocycles. The number of carbonyl (C=O) groups is 2. The highest BCUT2D eigenvalue weighted by molar-refractivity contribution is 5.97. The molecule has 1 N–H and O–H groups in total. The molecule has 0 unspecified atom stereocenters. The van der Waals surface area contributed by atoms with Crippen LogP contribution in [0.4, 0.5) is 18.9 Å². The van der Waals surface area contributed by atoms with E-state index in [0.717, 1.165) is 37.3 Å². The minimum Gasteiger partial charge on any atom is -0.481 e. The van der Waals surface area contributed by atoms with Crippen LogP contribution in [0.15, 0.2) is 40.9 Å². The third-order valence-corrected chi connectivity index (χ3v) is 6.91. The summed E-state index contributed by atoms with van der Waals surface area (Å²) in [6, 6.07) is 9.49. The zero-order valence-electron chi connectivity index (χ0n) is 19.3. The van der Waals surface area contributed by atoms with E-state index in [0.29, 0.717) is 29.8 Å². The van der Waals surface area contributed by atoms with Gasteiger partial charge in [0.15, 0.2) is 0 Å². The molecule has 3 aromatic rings. The van der Waals surface area contributed by atoms with Crippen molar-refractivity contribution in [3.63, 3.8) is 0 Å². The summed E-state index contributed by atoms with van der Waals surface area (Å²) in [6.45, 7) is 0.447. The Hall–Kier alpha value is -3.69. The highest BCUT2D eigenvalue weighted by Crippen LogP contribution is 2.43. The molecule has 2 aliphatic rings. The maximum Gasteiger partial charge on any atom is 0.416 e. The molecular formula is C26H24F3N3O4. The first-order valence-electron chi connectivity index (χ1n) is 11.9. The highest BCUT2D eigenvalue weighted by atomic mass is 19.4. The molecule has 1 amide bonds. The van der Waals surface area contributed by atoms with Gasteiger partial charge in [0.2, 0.25) is 11.7 Å². The van der Waals surface area contributed by atoms with E-state index in [1.807, 2.05) is 6.07 Å². The molecule has 188 valence electrons. The number of alkyl halides is 3. The molecule has 0 saturated heterocycles. The van der Waals surface area contributed by atoms with Crippen LogP contribution < -0.4 is 4.90 Å². The number of benzene rings is 2. The van der Waals surface area contributed by atoms with Crippen LogP contribution in [-0.4, -0.2) is 33.7 Å². The maximum absolute atomic E-state index is 13.8. The summed E-state index contributed by atoms with van der Waals surface area (Å²) in [5.74, 6) is -1.14. The second-order valence-corrected chi connectivity index (χ2v) is 9.24. The average Bonchev–Trinajstić information content (AvgIpc) is 3.62. The Morgan fingerprint density at radius 3 is 2.53 bits per heavy atom. The molecule has 2 heterocycles. The van der Waals surface area contributed by atoms with Crippen molar-refractivity contribution in [2.45, 2.75) is 57.0 Å². The molecule has 7 nitrogen and oxygen atoms in total. The van der Waals surface area contributed by atoms with Gasteiger partial charge >= 0.3 is 12.1 Å². The van der Waals surface area contributed by atoms with Gasteiger partial charge in [-0.15, -0.1) is 0 Å². The molecule has 36 heavy (non-hydrogen) atoms. The summed E-state index contributed by atoms with van der Waals surface area (Å²) in [5.41, 5.74) is 2.07. The number of aliphatic carboxylic acids is 1. The fourth-order valence-electron chi connectivity index (χ4n) is 5.13. The molecule has 1 aliphatic carbocycles. The number of amides is 1. The van der Waals surface area contributed by atoms with Crippen LogP contribution in [0.25, 0.3) is 22.8 Å². The van der Waals surface area contributed by atoms with Gasteiger partial charge < -0.3 is 14.5 Å². The molecule has 0 spiro atoms. The predicted octanol–water partition coefficient (Wildman–Crippen LogP) is 5.83. The van der Waals surface area contributed by atoms with Crippen LogP contribution in [0.2, 0.25) is 0 Å². The Bertz CT molecular complexity index is 1310. The molecule has 1 fully saturated rings. The fourth-order valence-corrected chi connectivity index (χ4v) is 5.13. The van der Waals surface area contributed by atoms with Gasteiger partial charge in [0.1, 0.15) is 0 Å². The van der Waals surface area contributed by atoms with Gasteiger partial charge in [0, 0.05) is 29.8 Å². The second-order valence-electron chi connectivity index (χ2n) is 9.24. The molecule has 5 rings (SSSR count). The van der Waals surface area contributed by atoms with Gasteiger partial charge in [-0.1, -0.05) is 24.1 Å². The molecule has 10 heteroatoms. The van der Waals surface area contributed by atoms with Crippen molar-refractivity contribution < 1.29 is 32.4 Å². The Balaban J connectivity index is 1.39. The van der Waals surface area contributed by atoms with Crippen LogP contribution >= 0.6 is 0 Å². The van der Waals surface area contributed by atoms with Crippen molar-refractivity contribution in [1.82, 2.24) is 10.1 Å².